The van der Waals surface area contributed by atoms with Gasteiger partial charge in [0.15, 0.2) is 0 Å². The zero-order chi connectivity index (χ0) is 13.4. The highest BCUT2D eigenvalue weighted by molar-refractivity contribution is 5.35. The van der Waals surface area contributed by atoms with Crippen molar-refractivity contribution in [3.63, 3.8) is 0 Å². The Kier molecular flexibility index (Phi) is 6.72. The molecule has 2 N–H and O–H groups in total. The molecule has 0 aliphatic rings. The van der Waals surface area contributed by atoms with E-state index in [9.17, 15) is 5.11 Å². The second-order valence-corrected chi connectivity index (χ2v) is 4.21. The number of benzene rings is 1. The molecule has 1 rings (SSSR count). The van der Waals surface area contributed by atoms with Gasteiger partial charge in [0, 0.05) is 18.7 Å². The number of hydrogen-bond donors (Lipinski definition) is 2. The van der Waals surface area contributed by atoms with Crippen molar-refractivity contribution in [1.29, 1.82) is 0 Å². The maximum atomic E-state index is 9.59. The first-order valence-corrected chi connectivity index (χ1v) is 6.28. The Hall–Kier alpha value is -1.10. The zero-order valence-corrected chi connectivity index (χ0v) is 11.3. The molecule has 0 aliphatic carbocycles. The predicted molar refractivity (Wildman–Crippen MR) is 71.9 cm³/mol. The molecule has 0 aliphatic heterocycles. The van der Waals surface area contributed by atoms with Gasteiger partial charge >= 0.3 is 0 Å². The topological polar surface area (TPSA) is 50.7 Å². The summed E-state index contributed by atoms with van der Waals surface area (Å²) in [7, 11) is 3.50. The van der Waals surface area contributed by atoms with E-state index in [4.69, 9.17) is 9.47 Å². The van der Waals surface area contributed by atoms with E-state index >= 15 is 0 Å². The van der Waals surface area contributed by atoms with Crippen molar-refractivity contribution < 1.29 is 14.6 Å². The molecule has 2 atom stereocenters. The van der Waals surface area contributed by atoms with Crippen LogP contribution in [0, 0.1) is 0 Å². The molecule has 1 aromatic carbocycles. The summed E-state index contributed by atoms with van der Waals surface area (Å²) in [6.45, 7) is 2.65. The van der Waals surface area contributed by atoms with E-state index in [1.54, 1.807) is 7.11 Å². The van der Waals surface area contributed by atoms with Crippen LogP contribution in [0.3, 0.4) is 0 Å². The molecule has 0 aromatic heterocycles. The van der Waals surface area contributed by atoms with Crippen LogP contribution in [-0.2, 0) is 4.74 Å². The molecule has 0 radical (unpaired) electrons. The van der Waals surface area contributed by atoms with E-state index in [2.05, 4.69) is 12.2 Å². The molecule has 102 valence electrons. The zero-order valence-electron chi connectivity index (χ0n) is 11.3. The van der Waals surface area contributed by atoms with Crippen molar-refractivity contribution in [2.24, 2.45) is 0 Å². The summed E-state index contributed by atoms with van der Waals surface area (Å²) in [6, 6.07) is 8.16. The second-order valence-electron chi connectivity index (χ2n) is 4.21. The van der Waals surface area contributed by atoms with Gasteiger partial charge in [-0.25, -0.2) is 0 Å². The van der Waals surface area contributed by atoms with Crippen LogP contribution in [0.4, 0.5) is 0 Å². The summed E-state index contributed by atoms with van der Waals surface area (Å²) in [5, 5.41) is 12.8. The minimum Gasteiger partial charge on any atom is -0.490 e. The number of para-hydroxylation sites is 1. The standard InChI is InChI=1S/C14H23NO3/c1-4-13(15-2)12-7-5-6-8-14(12)18-10-11(16)9-17-3/h5-8,11,13,15-16H,4,9-10H2,1-3H3. The summed E-state index contributed by atoms with van der Waals surface area (Å²) < 4.78 is 10.5. The van der Waals surface area contributed by atoms with Gasteiger partial charge in [0.2, 0.25) is 0 Å². The normalized spacial score (nSPS) is 14.2. The van der Waals surface area contributed by atoms with Gasteiger partial charge in [0.25, 0.3) is 0 Å². The number of nitrogens with one attached hydrogen (secondary N) is 1. The molecule has 0 saturated carbocycles. The Morgan fingerprint density at radius 1 is 1.28 bits per heavy atom. The highest BCUT2D eigenvalue weighted by atomic mass is 16.5. The van der Waals surface area contributed by atoms with Crippen molar-refractivity contribution >= 4 is 0 Å². The molecule has 0 saturated heterocycles. The first-order valence-electron chi connectivity index (χ1n) is 6.28. The van der Waals surface area contributed by atoms with E-state index in [-0.39, 0.29) is 19.3 Å². The summed E-state index contributed by atoms with van der Waals surface area (Å²) in [6.07, 6.45) is 0.384. The third-order valence-corrected chi connectivity index (χ3v) is 2.84. The molecule has 4 heteroatoms. The van der Waals surface area contributed by atoms with Crippen molar-refractivity contribution in [2.45, 2.75) is 25.5 Å². The summed E-state index contributed by atoms with van der Waals surface area (Å²) in [4.78, 5) is 0. The lowest BCUT2D eigenvalue weighted by Gasteiger charge is -2.19. The highest BCUT2D eigenvalue weighted by Gasteiger charge is 2.13. The number of ether oxygens (including phenoxy) is 2. The Morgan fingerprint density at radius 3 is 2.61 bits per heavy atom. The molecular weight excluding hydrogens is 230 g/mol. The lowest BCUT2D eigenvalue weighted by atomic mass is 10.0. The molecule has 18 heavy (non-hydrogen) atoms. The van der Waals surface area contributed by atoms with Crippen LogP contribution < -0.4 is 10.1 Å². The fraction of sp³-hybridized carbons (Fsp3) is 0.571. The molecule has 0 bridgehead atoms. The molecule has 4 nitrogen and oxygen atoms in total. The highest BCUT2D eigenvalue weighted by Crippen LogP contribution is 2.26. The maximum Gasteiger partial charge on any atom is 0.124 e. The number of aliphatic hydroxyl groups is 1. The van der Waals surface area contributed by atoms with Crippen molar-refractivity contribution in [3.05, 3.63) is 29.8 Å². The first-order chi connectivity index (χ1) is 8.72. The van der Waals surface area contributed by atoms with Crippen molar-refractivity contribution in [3.8, 4) is 5.75 Å². The Bertz CT molecular complexity index is 340. The summed E-state index contributed by atoms with van der Waals surface area (Å²) in [5.41, 5.74) is 1.12. The minimum atomic E-state index is -0.599. The quantitative estimate of drug-likeness (QED) is 0.741. The summed E-state index contributed by atoms with van der Waals surface area (Å²) >= 11 is 0. The van der Waals surface area contributed by atoms with Gasteiger partial charge in [-0.3, -0.25) is 0 Å². The molecule has 0 fully saturated rings. The van der Waals surface area contributed by atoms with Crippen LogP contribution in [0.2, 0.25) is 0 Å². The van der Waals surface area contributed by atoms with Crippen LogP contribution >= 0.6 is 0 Å². The van der Waals surface area contributed by atoms with Crippen LogP contribution in [0.15, 0.2) is 24.3 Å². The van der Waals surface area contributed by atoms with Crippen LogP contribution in [-0.4, -0.2) is 38.6 Å². The predicted octanol–water partition coefficient (Wildman–Crippen LogP) is 1.74. The molecule has 1 aromatic rings. The van der Waals surface area contributed by atoms with Gasteiger partial charge in [0.1, 0.15) is 18.5 Å². The molecular formula is C14H23NO3. The average Bonchev–Trinajstić information content (AvgIpc) is 2.39. The summed E-state index contributed by atoms with van der Waals surface area (Å²) in [5.74, 6) is 0.814. The van der Waals surface area contributed by atoms with Gasteiger partial charge in [-0.05, 0) is 19.5 Å². The van der Waals surface area contributed by atoms with Gasteiger partial charge in [0.05, 0.1) is 6.61 Å². The Labute approximate surface area is 109 Å². The number of methoxy groups -OCH3 is 1. The van der Waals surface area contributed by atoms with Gasteiger partial charge < -0.3 is 19.9 Å². The van der Waals surface area contributed by atoms with E-state index in [1.165, 1.54) is 0 Å². The second kappa shape index (κ2) is 8.08. The van der Waals surface area contributed by atoms with Gasteiger partial charge in [-0.1, -0.05) is 25.1 Å². The Morgan fingerprint density at radius 2 is 2.00 bits per heavy atom. The third kappa shape index (κ3) is 4.29. The molecule has 0 amide bonds. The number of aliphatic hydroxyl groups excluding tert-OH is 1. The number of hydrogen-bond acceptors (Lipinski definition) is 4. The van der Waals surface area contributed by atoms with E-state index in [1.807, 2.05) is 31.3 Å². The smallest absolute Gasteiger partial charge is 0.124 e. The average molecular weight is 253 g/mol. The van der Waals surface area contributed by atoms with Crippen molar-refractivity contribution in [1.82, 2.24) is 5.32 Å². The number of rotatable bonds is 8. The third-order valence-electron chi connectivity index (χ3n) is 2.84. The molecule has 0 spiro atoms. The lowest BCUT2D eigenvalue weighted by Crippen LogP contribution is -2.24. The van der Waals surface area contributed by atoms with Crippen LogP contribution in [0.5, 0.6) is 5.75 Å². The van der Waals surface area contributed by atoms with Crippen molar-refractivity contribution in [2.75, 3.05) is 27.4 Å². The largest absolute Gasteiger partial charge is 0.490 e. The van der Waals surface area contributed by atoms with E-state index < -0.39 is 6.10 Å². The van der Waals surface area contributed by atoms with Crippen LogP contribution in [0.25, 0.3) is 0 Å². The van der Waals surface area contributed by atoms with Gasteiger partial charge in [-0.15, -0.1) is 0 Å². The lowest BCUT2D eigenvalue weighted by molar-refractivity contribution is 0.0322. The minimum absolute atomic E-state index is 0.241. The van der Waals surface area contributed by atoms with Gasteiger partial charge in [-0.2, -0.15) is 0 Å². The molecule has 0 heterocycles. The maximum absolute atomic E-state index is 9.59. The van der Waals surface area contributed by atoms with E-state index in [0.717, 1.165) is 17.7 Å². The Balaban J connectivity index is 2.70. The van der Waals surface area contributed by atoms with Crippen LogP contribution in [0.1, 0.15) is 24.9 Å². The monoisotopic (exact) mass is 253 g/mol. The molecule has 2 unspecified atom stereocenters. The first kappa shape index (κ1) is 15.0. The van der Waals surface area contributed by atoms with E-state index in [0.29, 0.717) is 0 Å². The fourth-order valence-corrected chi connectivity index (χ4v) is 1.91. The SMILES string of the molecule is CCC(NC)c1ccccc1OCC(O)COC. The fourth-order valence-electron chi connectivity index (χ4n) is 1.91.